The Balaban J connectivity index is 0.00000245. The molecule has 0 bridgehead atoms. The van der Waals surface area contributed by atoms with Crippen LogP contribution in [0.15, 0.2) is 120 Å². The topological polar surface area (TPSA) is 241 Å². The number of hydrogen-bond acceptors (Lipinski definition) is 13. The molecule has 0 saturated heterocycles. The summed E-state index contributed by atoms with van der Waals surface area (Å²) in [5.74, 6) is -1.21. The van der Waals surface area contributed by atoms with Crippen molar-refractivity contribution in [3.05, 3.63) is 84.9 Å². The minimum atomic E-state index is -5.07. The summed E-state index contributed by atoms with van der Waals surface area (Å²) in [6.45, 7) is 0. The van der Waals surface area contributed by atoms with Crippen LogP contribution in [0.5, 0.6) is 5.75 Å². The summed E-state index contributed by atoms with van der Waals surface area (Å²) in [5.41, 5.74) is 0.311. The molecule has 0 radical (unpaired) electrons. The van der Waals surface area contributed by atoms with Crippen LogP contribution in [0.25, 0.3) is 21.5 Å². The summed E-state index contributed by atoms with van der Waals surface area (Å²) in [6, 6.07) is 18.2. The number of rotatable bonds is 7. The standard InChI is InChI=1S/C26H18N4O10S3.3Na/c31-26-24(43(38,39)40)14-15-13-18(42(35,36)37)9-10-19(15)25(26)30-29-23-12-11-22(20-3-1-2-4-21(20)23)28-27-16-5-7-17(8-6-16)41(32,33)34;;;/h1-14,31H,(H,32,33,34)(H,35,36,37)(H,38,39,40);;;/q;3*+1/p-3. The van der Waals surface area contributed by atoms with Crippen LogP contribution < -0.4 is 93.8 Å². The number of nitrogens with zero attached hydrogens (tertiary/aromatic N) is 4. The molecule has 0 heterocycles. The first kappa shape index (κ1) is 40.5. The van der Waals surface area contributed by atoms with Crippen LogP contribution >= 0.6 is 0 Å². The van der Waals surface area contributed by atoms with E-state index in [9.17, 15) is 44.0 Å². The Kier molecular flexibility index (Phi) is 13.8. The average molecular weight is 709 g/mol. The molecule has 0 fully saturated rings. The van der Waals surface area contributed by atoms with Crippen molar-refractivity contribution in [2.75, 3.05) is 0 Å². The molecule has 0 aliphatic carbocycles. The quantitative estimate of drug-likeness (QED) is 0.0975. The van der Waals surface area contributed by atoms with Gasteiger partial charge in [-0.3, -0.25) is 4.55 Å². The number of hydrogen-bond donors (Lipinski definition) is 1. The number of fused-ring (bicyclic) bond motifs is 2. The van der Waals surface area contributed by atoms with Gasteiger partial charge in [-0.2, -0.15) is 18.6 Å². The van der Waals surface area contributed by atoms with Gasteiger partial charge in [0.25, 0.3) is 10.1 Å². The molecule has 0 aromatic heterocycles. The molecule has 0 saturated carbocycles. The van der Waals surface area contributed by atoms with Crippen molar-refractivity contribution in [2.24, 2.45) is 20.5 Å². The minimum absolute atomic E-state index is 0. The molecule has 5 aromatic carbocycles. The molecule has 20 heteroatoms. The van der Waals surface area contributed by atoms with Crippen molar-refractivity contribution in [1.29, 1.82) is 0 Å². The first-order valence-electron chi connectivity index (χ1n) is 11.8. The molecule has 5 rings (SSSR count). The summed E-state index contributed by atoms with van der Waals surface area (Å²) < 4.78 is 101. The maximum atomic E-state index is 13.0. The molecule has 1 N–H and O–H groups in total. The van der Waals surface area contributed by atoms with Gasteiger partial charge in [0.2, 0.25) is 0 Å². The first-order valence-corrected chi connectivity index (χ1v) is 16.0. The second kappa shape index (κ2) is 15.7. The summed E-state index contributed by atoms with van der Waals surface area (Å²) in [6.07, 6.45) is 0. The molecule has 0 amide bonds. The molecule has 0 atom stereocenters. The predicted octanol–water partition coefficient (Wildman–Crippen LogP) is -4.04. The van der Waals surface area contributed by atoms with Gasteiger partial charge in [0.1, 0.15) is 20.2 Å². The molecule has 0 aliphatic heterocycles. The zero-order valence-electron chi connectivity index (χ0n) is 24.2. The van der Waals surface area contributed by atoms with Crippen LogP contribution in [0.2, 0.25) is 0 Å². The van der Waals surface area contributed by atoms with E-state index < -0.39 is 56.5 Å². The van der Waals surface area contributed by atoms with E-state index in [1.54, 1.807) is 24.3 Å². The van der Waals surface area contributed by atoms with E-state index >= 15 is 0 Å². The van der Waals surface area contributed by atoms with Crippen molar-refractivity contribution in [1.82, 2.24) is 0 Å². The molecule has 220 valence electrons. The van der Waals surface area contributed by atoms with Crippen LogP contribution in [0.1, 0.15) is 0 Å². The predicted molar refractivity (Wildman–Crippen MR) is 148 cm³/mol. The average Bonchev–Trinajstić information content (AvgIpc) is 2.94. The second-order valence-corrected chi connectivity index (χ2v) is 13.0. The first-order chi connectivity index (χ1) is 20.1. The Hall–Kier alpha value is -1.65. The molecule has 14 nitrogen and oxygen atoms in total. The van der Waals surface area contributed by atoms with Gasteiger partial charge in [-0.05, 0) is 60.0 Å². The third-order valence-corrected chi connectivity index (χ3v) is 8.64. The van der Waals surface area contributed by atoms with Gasteiger partial charge in [-0.25, -0.2) is 16.8 Å². The molecule has 0 unspecified atom stereocenters. The molecule has 5 aromatic rings. The third kappa shape index (κ3) is 9.07. The van der Waals surface area contributed by atoms with E-state index in [2.05, 4.69) is 20.5 Å². The molecular weight excluding hydrogens is 693 g/mol. The largest absolute Gasteiger partial charge is 1.00 e. The van der Waals surface area contributed by atoms with Crippen LogP contribution in [-0.4, -0.2) is 38.9 Å². The summed E-state index contributed by atoms with van der Waals surface area (Å²) in [7, 11) is -14.6. The van der Waals surface area contributed by atoms with Crippen LogP contribution in [-0.2, 0) is 30.4 Å². The van der Waals surface area contributed by atoms with E-state index in [4.69, 9.17) is 0 Å². The van der Waals surface area contributed by atoms with E-state index in [1.807, 2.05) is 0 Å². The zero-order chi connectivity index (χ0) is 31.2. The summed E-state index contributed by atoms with van der Waals surface area (Å²) in [4.78, 5) is -2.19. The van der Waals surface area contributed by atoms with Crippen molar-refractivity contribution in [2.45, 2.75) is 14.7 Å². The fourth-order valence-electron chi connectivity index (χ4n) is 4.10. The maximum absolute atomic E-state index is 13.0. The van der Waals surface area contributed by atoms with Gasteiger partial charge in [0, 0.05) is 16.2 Å². The van der Waals surface area contributed by atoms with Crippen molar-refractivity contribution in [3.63, 3.8) is 0 Å². The van der Waals surface area contributed by atoms with Crippen molar-refractivity contribution >= 4 is 74.6 Å². The van der Waals surface area contributed by atoms with Gasteiger partial charge < -0.3 is 14.2 Å². The monoisotopic (exact) mass is 708 g/mol. The normalized spacial score (nSPS) is 12.2. The Morgan fingerprint density at radius 2 is 1.07 bits per heavy atom. The van der Waals surface area contributed by atoms with E-state index in [-0.39, 0.29) is 111 Å². The molecular formula is C26H15N4Na3O10S3. The zero-order valence-corrected chi connectivity index (χ0v) is 32.7. The Labute approximate surface area is 329 Å². The maximum Gasteiger partial charge on any atom is 1.00 e. The summed E-state index contributed by atoms with van der Waals surface area (Å²) >= 11 is 0. The number of azo groups is 2. The van der Waals surface area contributed by atoms with Crippen molar-refractivity contribution in [3.8, 4) is 5.75 Å². The Morgan fingerprint density at radius 3 is 1.57 bits per heavy atom. The van der Waals surface area contributed by atoms with Crippen LogP contribution in [0, 0.1) is 0 Å². The van der Waals surface area contributed by atoms with E-state index in [0.717, 1.165) is 36.4 Å². The third-order valence-electron chi connectivity index (χ3n) is 6.10. The molecule has 0 spiro atoms. The summed E-state index contributed by atoms with van der Waals surface area (Å²) in [5, 5.41) is 30.1. The SMILES string of the molecule is O=S(=O)([O-])c1ccc(N=Nc2ccc(N=Nc3c([O-])c(S(=O)(=O)O)cc4cc(S(=O)(=O)[O-])ccc34)c3ccccc23)cc1.[Na+].[Na+].[Na+]. The number of benzene rings is 5. The van der Waals surface area contributed by atoms with Crippen LogP contribution in [0.3, 0.4) is 0 Å². The Bertz CT molecular complexity index is 2340. The van der Waals surface area contributed by atoms with E-state index in [1.165, 1.54) is 24.3 Å². The molecule has 0 aliphatic rings. The fraction of sp³-hybridized carbons (Fsp3) is 0. The smallest absolute Gasteiger partial charge is 0.870 e. The van der Waals surface area contributed by atoms with E-state index in [0.29, 0.717) is 16.5 Å². The minimum Gasteiger partial charge on any atom is -0.870 e. The van der Waals surface area contributed by atoms with Crippen LogP contribution in [0.4, 0.5) is 22.7 Å². The fourth-order valence-corrected chi connectivity index (χ4v) is 5.69. The van der Waals surface area contributed by atoms with Gasteiger partial charge >= 0.3 is 88.7 Å². The molecule has 46 heavy (non-hydrogen) atoms. The van der Waals surface area contributed by atoms with Gasteiger partial charge in [-0.15, -0.1) is 10.2 Å². The Morgan fingerprint density at radius 1 is 0.565 bits per heavy atom. The van der Waals surface area contributed by atoms with Crippen molar-refractivity contribution < 1.29 is 133 Å². The second-order valence-electron chi connectivity index (χ2n) is 8.86. The van der Waals surface area contributed by atoms with Gasteiger partial charge in [-0.1, -0.05) is 36.1 Å². The van der Waals surface area contributed by atoms with Gasteiger partial charge in [0.05, 0.1) is 37.4 Å². The van der Waals surface area contributed by atoms with Gasteiger partial charge in [0.15, 0.2) is 0 Å².